The molecule has 0 spiro atoms. The Morgan fingerprint density at radius 3 is 1.34 bits per heavy atom. The van der Waals surface area contributed by atoms with Crippen molar-refractivity contribution in [2.24, 2.45) is 11.8 Å². The SMILES string of the molecule is CCC(C)CNc1nc(-c2ccc(-c3nc(NCC(C)CC)c4ccccc4n3)cc2)nc2ccccc12. The molecular weight excluding hydrogens is 468 g/mol. The first-order valence-electron chi connectivity index (χ1n) is 13.7. The number of aromatic nitrogens is 4. The number of hydrogen-bond acceptors (Lipinski definition) is 6. The summed E-state index contributed by atoms with van der Waals surface area (Å²) in [7, 11) is 0. The van der Waals surface area contributed by atoms with Gasteiger partial charge in [0.05, 0.1) is 11.0 Å². The number of hydrogen-bond donors (Lipinski definition) is 2. The predicted octanol–water partition coefficient (Wildman–Crippen LogP) is 7.82. The van der Waals surface area contributed by atoms with Crippen LogP contribution < -0.4 is 10.6 Å². The van der Waals surface area contributed by atoms with Crippen molar-refractivity contribution in [2.75, 3.05) is 23.7 Å². The van der Waals surface area contributed by atoms with E-state index in [4.69, 9.17) is 19.9 Å². The highest BCUT2D eigenvalue weighted by atomic mass is 15.0. The van der Waals surface area contributed by atoms with Crippen molar-refractivity contribution >= 4 is 33.4 Å². The lowest BCUT2D eigenvalue weighted by Crippen LogP contribution is -2.12. The van der Waals surface area contributed by atoms with E-state index in [9.17, 15) is 0 Å². The number of fused-ring (bicyclic) bond motifs is 2. The fourth-order valence-electron chi connectivity index (χ4n) is 4.28. The Balaban J connectivity index is 1.48. The molecule has 2 heterocycles. The Kier molecular flexibility index (Phi) is 7.78. The summed E-state index contributed by atoms with van der Waals surface area (Å²) >= 11 is 0. The van der Waals surface area contributed by atoms with Crippen molar-refractivity contribution in [1.29, 1.82) is 0 Å². The fraction of sp³-hybridized carbons (Fsp3) is 0.312. The summed E-state index contributed by atoms with van der Waals surface area (Å²) in [6.45, 7) is 10.7. The highest BCUT2D eigenvalue weighted by Crippen LogP contribution is 2.29. The van der Waals surface area contributed by atoms with Crippen molar-refractivity contribution in [2.45, 2.75) is 40.5 Å². The van der Waals surface area contributed by atoms with Crippen LogP contribution in [0.15, 0.2) is 72.8 Å². The third-order valence-electron chi connectivity index (χ3n) is 7.24. The third kappa shape index (κ3) is 5.59. The van der Waals surface area contributed by atoms with Crippen LogP contribution in [0.25, 0.3) is 44.6 Å². The zero-order valence-corrected chi connectivity index (χ0v) is 22.7. The first-order chi connectivity index (χ1) is 18.6. The molecule has 0 amide bonds. The van der Waals surface area contributed by atoms with Crippen molar-refractivity contribution in [3.8, 4) is 22.8 Å². The average Bonchev–Trinajstić information content (AvgIpc) is 2.98. The van der Waals surface area contributed by atoms with Crippen LogP contribution in [0.4, 0.5) is 11.6 Å². The molecule has 3 aromatic carbocycles. The Morgan fingerprint density at radius 1 is 0.553 bits per heavy atom. The number of rotatable bonds is 10. The van der Waals surface area contributed by atoms with E-state index in [2.05, 4.69) is 74.7 Å². The minimum atomic E-state index is 0.568. The first kappa shape index (κ1) is 25.6. The molecule has 38 heavy (non-hydrogen) atoms. The lowest BCUT2D eigenvalue weighted by molar-refractivity contribution is 0.593. The summed E-state index contributed by atoms with van der Waals surface area (Å²) in [5.74, 6) is 4.31. The molecule has 0 bridgehead atoms. The van der Waals surface area contributed by atoms with E-state index in [1.807, 2.05) is 36.4 Å². The summed E-state index contributed by atoms with van der Waals surface area (Å²) in [5.41, 5.74) is 3.79. The van der Waals surface area contributed by atoms with Crippen LogP contribution in [-0.4, -0.2) is 33.0 Å². The lowest BCUT2D eigenvalue weighted by Gasteiger charge is -2.14. The van der Waals surface area contributed by atoms with Crippen molar-refractivity contribution < 1.29 is 0 Å². The molecule has 2 N–H and O–H groups in total. The van der Waals surface area contributed by atoms with Gasteiger partial charge in [0.25, 0.3) is 0 Å². The third-order valence-corrected chi connectivity index (χ3v) is 7.24. The number of nitrogens with zero attached hydrogens (tertiary/aromatic N) is 4. The maximum absolute atomic E-state index is 4.92. The average molecular weight is 505 g/mol. The van der Waals surface area contributed by atoms with Gasteiger partial charge < -0.3 is 10.6 Å². The summed E-state index contributed by atoms with van der Waals surface area (Å²) in [6, 6.07) is 24.6. The zero-order valence-electron chi connectivity index (χ0n) is 22.7. The fourth-order valence-corrected chi connectivity index (χ4v) is 4.28. The van der Waals surface area contributed by atoms with Crippen LogP contribution in [0.5, 0.6) is 0 Å². The molecule has 5 aromatic rings. The molecule has 6 heteroatoms. The molecule has 0 aliphatic rings. The lowest BCUT2D eigenvalue weighted by atomic mass is 10.1. The van der Waals surface area contributed by atoms with Crippen molar-refractivity contribution in [3.63, 3.8) is 0 Å². The van der Waals surface area contributed by atoms with E-state index in [0.29, 0.717) is 23.5 Å². The van der Waals surface area contributed by atoms with Gasteiger partial charge in [0.1, 0.15) is 11.6 Å². The van der Waals surface area contributed by atoms with Gasteiger partial charge in [-0.15, -0.1) is 0 Å². The van der Waals surface area contributed by atoms with Crippen LogP contribution in [0.1, 0.15) is 40.5 Å². The molecule has 6 nitrogen and oxygen atoms in total. The number of para-hydroxylation sites is 2. The molecule has 0 aliphatic heterocycles. The first-order valence-corrected chi connectivity index (χ1v) is 13.7. The maximum Gasteiger partial charge on any atom is 0.162 e. The minimum Gasteiger partial charge on any atom is -0.369 e. The molecule has 5 rings (SSSR count). The van der Waals surface area contributed by atoms with Gasteiger partial charge in [-0.3, -0.25) is 0 Å². The van der Waals surface area contributed by atoms with E-state index in [-0.39, 0.29) is 0 Å². The second-order valence-electron chi connectivity index (χ2n) is 10.2. The number of anilines is 2. The number of nitrogens with one attached hydrogen (secondary N) is 2. The predicted molar refractivity (Wildman–Crippen MR) is 159 cm³/mol. The van der Waals surface area contributed by atoms with Gasteiger partial charge in [-0.25, -0.2) is 19.9 Å². The van der Waals surface area contributed by atoms with Gasteiger partial charge in [0.2, 0.25) is 0 Å². The Hall–Kier alpha value is -4.06. The topological polar surface area (TPSA) is 75.6 Å². The van der Waals surface area contributed by atoms with Gasteiger partial charge >= 0.3 is 0 Å². The minimum absolute atomic E-state index is 0.568. The quantitative estimate of drug-likeness (QED) is 0.202. The van der Waals surface area contributed by atoms with Crippen LogP contribution in [-0.2, 0) is 0 Å². The molecule has 0 fully saturated rings. The Labute approximate surface area is 225 Å². The van der Waals surface area contributed by atoms with Gasteiger partial charge in [-0.05, 0) is 36.1 Å². The summed E-state index contributed by atoms with van der Waals surface area (Å²) in [6.07, 6.45) is 2.24. The molecule has 0 saturated heterocycles. The van der Waals surface area contributed by atoms with Gasteiger partial charge in [0, 0.05) is 35.0 Å². The highest BCUT2D eigenvalue weighted by Gasteiger charge is 2.13. The smallest absolute Gasteiger partial charge is 0.162 e. The van der Waals surface area contributed by atoms with E-state index < -0.39 is 0 Å². The molecule has 0 aliphatic carbocycles. The van der Waals surface area contributed by atoms with Crippen LogP contribution >= 0.6 is 0 Å². The van der Waals surface area contributed by atoms with Crippen LogP contribution in [0.2, 0.25) is 0 Å². The van der Waals surface area contributed by atoms with Crippen molar-refractivity contribution in [3.05, 3.63) is 72.8 Å². The zero-order chi connectivity index (χ0) is 26.5. The molecule has 2 unspecified atom stereocenters. The summed E-state index contributed by atoms with van der Waals surface area (Å²) in [5, 5.41) is 9.19. The van der Waals surface area contributed by atoms with E-state index in [0.717, 1.165) is 70.5 Å². The molecular formula is C32H36N6. The summed E-state index contributed by atoms with van der Waals surface area (Å²) in [4.78, 5) is 19.6. The monoisotopic (exact) mass is 504 g/mol. The Morgan fingerprint density at radius 2 is 0.947 bits per heavy atom. The van der Waals surface area contributed by atoms with E-state index in [1.165, 1.54) is 0 Å². The van der Waals surface area contributed by atoms with Crippen LogP contribution in [0, 0.1) is 11.8 Å². The van der Waals surface area contributed by atoms with E-state index >= 15 is 0 Å². The second kappa shape index (κ2) is 11.5. The highest BCUT2D eigenvalue weighted by molar-refractivity contribution is 5.91. The molecule has 2 atom stereocenters. The van der Waals surface area contributed by atoms with Crippen LogP contribution in [0.3, 0.4) is 0 Å². The van der Waals surface area contributed by atoms with Gasteiger partial charge in [0.15, 0.2) is 11.6 Å². The maximum atomic E-state index is 4.92. The summed E-state index contributed by atoms with van der Waals surface area (Å²) < 4.78 is 0. The largest absolute Gasteiger partial charge is 0.369 e. The Bertz CT molecular complexity index is 1410. The molecule has 2 aromatic heterocycles. The standard InChI is InChI=1S/C32H36N6/c1-5-21(3)19-33-31-25-11-7-9-13-27(25)35-29(37-31)23-15-17-24(18-16-23)30-36-28-14-10-8-12-26(28)32(38-30)34-20-22(4)6-2/h7-18,21-22H,5-6,19-20H2,1-4H3,(H,33,35,37)(H,34,36,38). The molecule has 194 valence electrons. The van der Waals surface area contributed by atoms with E-state index in [1.54, 1.807) is 0 Å². The second-order valence-corrected chi connectivity index (χ2v) is 10.2. The van der Waals surface area contributed by atoms with Crippen molar-refractivity contribution in [1.82, 2.24) is 19.9 Å². The molecule has 0 radical (unpaired) electrons. The molecule has 0 saturated carbocycles. The van der Waals surface area contributed by atoms with Gasteiger partial charge in [-0.2, -0.15) is 0 Å². The van der Waals surface area contributed by atoms with Gasteiger partial charge in [-0.1, -0.05) is 89.1 Å². The number of benzene rings is 3. The normalized spacial score (nSPS) is 12.9.